The van der Waals surface area contributed by atoms with Crippen LogP contribution in [0.5, 0.6) is 5.75 Å². The first-order valence-corrected chi connectivity index (χ1v) is 11.3. The van der Waals surface area contributed by atoms with E-state index < -0.39 is 12.0 Å². The van der Waals surface area contributed by atoms with E-state index in [1.165, 1.54) is 12.8 Å². The second kappa shape index (κ2) is 13.1. The lowest BCUT2D eigenvalue weighted by atomic mass is 10.1. The summed E-state index contributed by atoms with van der Waals surface area (Å²) >= 11 is 3.48. The minimum Gasteiger partial charge on any atom is -0.492 e. The first kappa shape index (κ1) is 23.9. The van der Waals surface area contributed by atoms with Gasteiger partial charge < -0.3 is 14.8 Å². The molecule has 0 heterocycles. The van der Waals surface area contributed by atoms with Crippen molar-refractivity contribution in [1.82, 2.24) is 5.32 Å². The number of benzene rings is 2. The third kappa shape index (κ3) is 7.82. The van der Waals surface area contributed by atoms with Gasteiger partial charge in [0, 0.05) is 12.0 Å². The molecule has 1 amide bonds. The molecule has 0 fully saturated rings. The predicted molar refractivity (Wildman–Crippen MR) is 122 cm³/mol. The van der Waals surface area contributed by atoms with Gasteiger partial charge in [-0.1, -0.05) is 56.5 Å². The van der Waals surface area contributed by atoms with Gasteiger partial charge in [0.2, 0.25) is 0 Å². The van der Waals surface area contributed by atoms with Gasteiger partial charge in [-0.2, -0.15) is 0 Å². The van der Waals surface area contributed by atoms with E-state index in [-0.39, 0.29) is 12.5 Å². The van der Waals surface area contributed by atoms with E-state index in [4.69, 9.17) is 9.47 Å². The molecule has 6 heteroatoms. The van der Waals surface area contributed by atoms with E-state index in [0.29, 0.717) is 28.8 Å². The predicted octanol–water partition coefficient (Wildman–Crippen LogP) is 5.31. The van der Waals surface area contributed by atoms with Gasteiger partial charge in [-0.25, -0.2) is 4.79 Å². The SMILES string of the molecule is CCCCCCOc1ccc(C(=O)NC(Cc2ccccc2)C(=O)OCC)cc1Br. The van der Waals surface area contributed by atoms with Crippen LogP contribution in [0, 0.1) is 0 Å². The quantitative estimate of drug-likeness (QED) is 0.333. The fourth-order valence-electron chi connectivity index (χ4n) is 3.00. The Kier molecular flexibility index (Phi) is 10.4. The Morgan fingerprint density at radius 2 is 1.80 bits per heavy atom. The number of halogens is 1. The summed E-state index contributed by atoms with van der Waals surface area (Å²) in [6, 6.07) is 14.0. The topological polar surface area (TPSA) is 64.6 Å². The molecule has 0 aromatic heterocycles. The number of hydrogen-bond donors (Lipinski definition) is 1. The number of rotatable bonds is 12. The standard InChI is InChI=1S/C24H30BrNO4/c1-3-5-6-10-15-30-22-14-13-19(17-20(22)25)23(27)26-21(24(28)29-4-2)16-18-11-8-7-9-12-18/h7-9,11-14,17,21H,3-6,10,15-16H2,1-2H3,(H,26,27). The van der Waals surface area contributed by atoms with Crippen LogP contribution in [0.2, 0.25) is 0 Å². The van der Waals surface area contributed by atoms with Crippen LogP contribution in [-0.4, -0.2) is 31.1 Å². The molecular weight excluding hydrogens is 446 g/mol. The molecule has 1 N–H and O–H groups in total. The molecule has 5 nitrogen and oxygen atoms in total. The maximum Gasteiger partial charge on any atom is 0.328 e. The summed E-state index contributed by atoms with van der Waals surface area (Å²) in [5, 5.41) is 2.80. The Morgan fingerprint density at radius 1 is 1.03 bits per heavy atom. The van der Waals surface area contributed by atoms with Crippen LogP contribution in [0.4, 0.5) is 0 Å². The van der Waals surface area contributed by atoms with Crippen molar-refractivity contribution >= 4 is 27.8 Å². The van der Waals surface area contributed by atoms with Crippen LogP contribution >= 0.6 is 15.9 Å². The second-order valence-electron chi connectivity index (χ2n) is 7.02. The van der Waals surface area contributed by atoms with Crippen molar-refractivity contribution in [2.45, 2.75) is 52.0 Å². The fraction of sp³-hybridized carbons (Fsp3) is 0.417. The Labute approximate surface area is 187 Å². The normalized spacial score (nSPS) is 11.6. The molecular formula is C24H30BrNO4. The molecule has 1 atom stereocenters. The highest BCUT2D eigenvalue weighted by atomic mass is 79.9. The zero-order valence-electron chi connectivity index (χ0n) is 17.7. The largest absolute Gasteiger partial charge is 0.492 e. The van der Waals surface area contributed by atoms with Crippen LogP contribution in [0.1, 0.15) is 55.5 Å². The smallest absolute Gasteiger partial charge is 0.328 e. The molecule has 0 saturated carbocycles. The van der Waals surface area contributed by atoms with Gasteiger partial charge in [0.15, 0.2) is 0 Å². The highest BCUT2D eigenvalue weighted by Crippen LogP contribution is 2.26. The fourth-order valence-corrected chi connectivity index (χ4v) is 3.49. The third-order valence-corrected chi connectivity index (χ3v) is 5.23. The Balaban J connectivity index is 2.01. The lowest BCUT2D eigenvalue weighted by Gasteiger charge is -2.18. The van der Waals surface area contributed by atoms with Gasteiger partial charge in [0.05, 0.1) is 17.7 Å². The molecule has 0 bridgehead atoms. The summed E-state index contributed by atoms with van der Waals surface area (Å²) in [6.07, 6.45) is 4.90. The zero-order chi connectivity index (χ0) is 21.8. The summed E-state index contributed by atoms with van der Waals surface area (Å²) in [7, 11) is 0. The van der Waals surface area contributed by atoms with Crippen molar-refractivity contribution in [2.75, 3.05) is 13.2 Å². The molecule has 2 rings (SSSR count). The molecule has 2 aromatic rings. The molecule has 1 unspecified atom stereocenters. The van der Waals surface area contributed by atoms with Gasteiger partial charge in [0.1, 0.15) is 11.8 Å². The first-order valence-electron chi connectivity index (χ1n) is 10.5. The molecule has 162 valence electrons. The number of carbonyl (C=O) groups is 2. The number of carbonyl (C=O) groups excluding carboxylic acids is 2. The summed E-state index contributed by atoms with van der Waals surface area (Å²) in [4.78, 5) is 25.1. The summed E-state index contributed by atoms with van der Waals surface area (Å²) < 4.78 is 11.7. The van der Waals surface area contributed by atoms with E-state index in [0.717, 1.165) is 18.4 Å². The second-order valence-corrected chi connectivity index (χ2v) is 7.88. The van der Waals surface area contributed by atoms with Gasteiger partial charge in [-0.3, -0.25) is 4.79 Å². The van der Waals surface area contributed by atoms with Crippen molar-refractivity contribution in [3.63, 3.8) is 0 Å². The lowest BCUT2D eigenvalue weighted by molar-refractivity contribution is -0.145. The average Bonchev–Trinajstić information content (AvgIpc) is 2.75. The van der Waals surface area contributed by atoms with E-state index in [2.05, 4.69) is 28.2 Å². The summed E-state index contributed by atoms with van der Waals surface area (Å²) in [6.45, 7) is 4.83. The number of unbranched alkanes of at least 4 members (excludes halogenated alkanes) is 3. The van der Waals surface area contributed by atoms with Crippen LogP contribution in [0.25, 0.3) is 0 Å². The number of amides is 1. The Hall–Kier alpha value is -2.34. The monoisotopic (exact) mass is 475 g/mol. The van der Waals surface area contributed by atoms with E-state index in [1.54, 1.807) is 25.1 Å². The number of nitrogens with one attached hydrogen (secondary N) is 1. The maximum absolute atomic E-state index is 12.8. The van der Waals surface area contributed by atoms with Crippen LogP contribution in [0.15, 0.2) is 53.0 Å². The molecule has 0 saturated heterocycles. The van der Waals surface area contributed by atoms with Crippen molar-refractivity contribution in [3.8, 4) is 5.75 Å². The van der Waals surface area contributed by atoms with Gasteiger partial charge in [0.25, 0.3) is 5.91 Å². The number of ether oxygens (including phenoxy) is 2. The molecule has 30 heavy (non-hydrogen) atoms. The molecule has 0 radical (unpaired) electrons. The molecule has 0 aliphatic carbocycles. The average molecular weight is 476 g/mol. The van der Waals surface area contributed by atoms with E-state index in [9.17, 15) is 9.59 Å². The van der Waals surface area contributed by atoms with Crippen molar-refractivity contribution in [3.05, 3.63) is 64.1 Å². The highest BCUT2D eigenvalue weighted by molar-refractivity contribution is 9.10. The Bertz CT molecular complexity index is 810. The molecule has 0 aliphatic rings. The van der Waals surface area contributed by atoms with Crippen molar-refractivity contribution in [2.24, 2.45) is 0 Å². The highest BCUT2D eigenvalue weighted by Gasteiger charge is 2.23. The van der Waals surface area contributed by atoms with Gasteiger partial charge >= 0.3 is 5.97 Å². The van der Waals surface area contributed by atoms with E-state index >= 15 is 0 Å². The molecule has 0 spiro atoms. The summed E-state index contributed by atoms with van der Waals surface area (Å²) in [5.41, 5.74) is 1.39. The van der Waals surface area contributed by atoms with Crippen LogP contribution in [-0.2, 0) is 16.0 Å². The zero-order valence-corrected chi connectivity index (χ0v) is 19.2. The third-order valence-electron chi connectivity index (χ3n) is 4.61. The van der Waals surface area contributed by atoms with E-state index in [1.807, 2.05) is 30.3 Å². The number of esters is 1. The lowest BCUT2D eigenvalue weighted by Crippen LogP contribution is -2.43. The van der Waals surface area contributed by atoms with Crippen LogP contribution in [0.3, 0.4) is 0 Å². The van der Waals surface area contributed by atoms with Crippen molar-refractivity contribution < 1.29 is 19.1 Å². The molecule has 2 aromatic carbocycles. The maximum atomic E-state index is 12.8. The first-order chi connectivity index (χ1) is 14.5. The van der Waals surface area contributed by atoms with Crippen molar-refractivity contribution in [1.29, 1.82) is 0 Å². The number of hydrogen-bond acceptors (Lipinski definition) is 4. The summed E-state index contributed by atoms with van der Waals surface area (Å²) in [5.74, 6) is -0.0748. The minimum absolute atomic E-state index is 0.260. The van der Waals surface area contributed by atoms with Gasteiger partial charge in [-0.05, 0) is 53.0 Å². The minimum atomic E-state index is -0.756. The Morgan fingerprint density at radius 3 is 2.47 bits per heavy atom. The molecule has 0 aliphatic heterocycles. The van der Waals surface area contributed by atoms with Gasteiger partial charge in [-0.15, -0.1) is 0 Å². The van der Waals surface area contributed by atoms with Crippen LogP contribution < -0.4 is 10.1 Å².